The summed E-state index contributed by atoms with van der Waals surface area (Å²) in [7, 11) is 0. The fourth-order valence-corrected chi connectivity index (χ4v) is 3.17. The number of hydrogen-bond acceptors (Lipinski definition) is 0. The molecule has 128 valence electrons. The van der Waals surface area contributed by atoms with E-state index in [1.807, 2.05) is 12.1 Å². The average molecular weight is 349 g/mol. The maximum Gasteiger partial charge on any atom is 0.0406 e. The van der Waals surface area contributed by atoms with Gasteiger partial charge in [0.1, 0.15) is 0 Å². The van der Waals surface area contributed by atoms with Crippen LogP contribution in [0.3, 0.4) is 0 Å². The summed E-state index contributed by atoms with van der Waals surface area (Å²) in [5.41, 5.74) is 6.72. The van der Waals surface area contributed by atoms with E-state index in [9.17, 15) is 0 Å². The van der Waals surface area contributed by atoms with E-state index in [0.29, 0.717) is 0 Å². The van der Waals surface area contributed by atoms with E-state index < -0.39 is 0 Å². The molecular weight excluding hydrogens is 324 g/mol. The Labute approximate surface area is 156 Å². The first-order valence-corrected chi connectivity index (χ1v) is 9.55. The van der Waals surface area contributed by atoms with Crippen LogP contribution >= 0.6 is 11.6 Å². The highest BCUT2D eigenvalue weighted by molar-refractivity contribution is 6.30. The zero-order valence-corrected chi connectivity index (χ0v) is 15.6. The van der Waals surface area contributed by atoms with Gasteiger partial charge in [0.05, 0.1) is 0 Å². The van der Waals surface area contributed by atoms with Crippen molar-refractivity contribution in [3.05, 3.63) is 94.5 Å². The van der Waals surface area contributed by atoms with Gasteiger partial charge in [-0.1, -0.05) is 85.6 Å². The number of rotatable bonds is 7. The van der Waals surface area contributed by atoms with Crippen molar-refractivity contribution in [2.24, 2.45) is 0 Å². The zero-order valence-electron chi connectivity index (χ0n) is 14.8. The summed E-state index contributed by atoms with van der Waals surface area (Å²) in [5, 5.41) is 0.800. The van der Waals surface area contributed by atoms with Crippen LogP contribution in [0.1, 0.15) is 36.5 Å². The highest BCUT2D eigenvalue weighted by atomic mass is 35.5. The number of unbranched alkanes of at least 4 members (excludes halogenated alkanes) is 1. The van der Waals surface area contributed by atoms with E-state index in [1.54, 1.807) is 0 Å². The Bertz CT molecular complexity index is 768. The van der Waals surface area contributed by atoms with Gasteiger partial charge < -0.3 is 0 Å². The molecule has 0 aromatic heterocycles. The van der Waals surface area contributed by atoms with E-state index in [0.717, 1.165) is 17.9 Å². The van der Waals surface area contributed by atoms with Gasteiger partial charge in [-0.2, -0.15) is 0 Å². The second kappa shape index (κ2) is 8.87. The van der Waals surface area contributed by atoms with Crippen LogP contribution in [0.15, 0.2) is 72.8 Å². The van der Waals surface area contributed by atoms with E-state index >= 15 is 0 Å². The minimum Gasteiger partial charge on any atom is -0.0843 e. The van der Waals surface area contributed by atoms with Gasteiger partial charge in [-0.15, -0.1) is 0 Å². The van der Waals surface area contributed by atoms with Crippen molar-refractivity contribution < 1.29 is 0 Å². The number of halogens is 1. The third-order valence-corrected chi connectivity index (χ3v) is 4.93. The molecule has 3 aromatic rings. The summed E-state index contributed by atoms with van der Waals surface area (Å²) >= 11 is 5.94. The summed E-state index contributed by atoms with van der Waals surface area (Å²) in [4.78, 5) is 0. The second-order valence-corrected chi connectivity index (χ2v) is 7.06. The molecule has 1 heteroatoms. The van der Waals surface area contributed by atoms with Gasteiger partial charge in [0, 0.05) is 5.02 Å². The molecule has 0 amide bonds. The van der Waals surface area contributed by atoms with Crippen molar-refractivity contribution in [1.82, 2.24) is 0 Å². The van der Waals surface area contributed by atoms with Crippen molar-refractivity contribution in [2.75, 3.05) is 0 Å². The third kappa shape index (κ3) is 5.21. The Hall–Kier alpha value is -2.05. The molecule has 3 aromatic carbocycles. The Morgan fingerprint density at radius 3 is 1.40 bits per heavy atom. The quantitative estimate of drug-likeness (QED) is 0.425. The summed E-state index contributed by atoms with van der Waals surface area (Å²) in [6, 6.07) is 26.1. The largest absolute Gasteiger partial charge is 0.0843 e. The van der Waals surface area contributed by atoms with Gasteiger partial charge >= 0.3 is 0 Å². The highest BCUT2D eigenvalue weighted by Crippen LogP contribution is 2.22. The van der Waals surface area contributed by atoms with Gasteiger partial charge in [0.15, 0.2) is 0 Å². The van der Waals surface area contributed by atoms with Crippen molar-refractivity contribution >= 4 is 11.6 Å². The number of hydrogen-bond donors (Lipinski definition) is 0. The molecule has 0 aliphatic rings. The Kier molecular flexibility index (Phi) is 6.30. The van der Waals surface area contributed by atoms with Gasteiger partial charge in [0.25, 0.3) is 0 Å². The molecule has 0 radical (unpaired) electrons. The predicted octanol–water partition coefficient (Wildman–Crippen LogP) is 7.13. The number of aryl methyl sites for hydroxylation is 3. The third-order valence-electron chi connectivity index (χ3n) is 4.68. The summed E-state index contributed by atoms with van der Waals surface area (Å²) < 4.78 is 0. The molecule has 0 atom stereocenters. The van der Waals surface area contributed by atoms with Gasteiger partial charge in [0.2, 0.25) is 0 Å². The minimum atomic E-state index is 0.800. The monoisotopic (exact) mass is 348 g/mol. The molecule has 0 aliphatic carbocycles. The molecule has 0 spiro atoms. The highest BCUT2D eigenvalue weighted by Gasteiger charge is 2.01. The molecule has 0 aliphatic heterocycles. The fraction of sp³-hybridized carbons (Fsp3) is 0.250. The molecule has 0 unspecified atom stereocenters. The van der Waals surface area contributed by atoms with Crippen LogP contribution in [0.5, 0.6) is 0 Å². The second-order valence-electron chi connectivity index (χ2n) is 6.62. The molecule has 0 nitrogen and oxygen atoms in total. The van der Waals surface area contributed by atoms with Crippen molar-refractivity contribution in [2.45, 2.75) is 39.0 Å². The van der Waals surface area contributed by atoms with E-state index in [2.05, 4.69) is 67.6 Å². The molecule has 0 bridgehead atoms. The first-order chi connectivity index (χ1) is 12.2. The topological polar surface area (TPSA) is 0 Å². The molecular formula is C24H25Cl. The van der Waals surface area contributed by atoms with Crippen molar-refractivity contribution in [1.29, 1.82) is 0 Å². The zero-order chi connectivity index (χ0) is 17.5. The van der Waals surface area contributed by atoms with E-state index in [-0.39, 0.29) is 0 Å². The van der Waals surface area contributed by atoms with Crippen LogP contribution in [0.4, 0.5) is 0 Å². The molecule has 0 saturated carbocycles. The lowest BCUT2D eigenvalue weighted by Gasteiger charge is -2.07. The lowest BCUT2D eigenvalue weighted by atomic mass is 9.99. The average Bonchev–Trinajstić information content (AvgIpc) is 2.67. The van der Waals surface area contributed by atoms with Crippen LogP contribution in [0, 0.1) is 0 Å². The molecule has 25 heavy (non-hydrogen) atoms. The minimum absolute atomic E-state index is 0.800. The smallest absolute Gasteiger partial charge is 0.0406 e. The van der Waals surface area contributed by atoms with E-state index in [1.165, 1.54) is 47.1 Å². The van der Waals surface area contributed by atoms with Crippen LogP contribution in [0.2, 0.25) is 5.02 Å². The summed E-state index contributed by atoms with van der Waals surface area (Å²) in [5.74, 6) is 0. The Morgan fingerprint density at radius 2 is 0.960 bits per heavy atom. The Morgan fingerprint density at radius 1 is 0.560 bits per heavy atom. The lowest BCUT2D eigenvalue weighted by molar-refractivity contribution is 0.795. The molecule has 3 rings (SSSR count). The predicted molar refractivity (Wildman–Crippen MR) is 109 cm³/mol. The molecule has 0 fully saturated rings. The molecule has 0 N–H and O–H groups in total. The van der Waals surface area contributed by atoms with E-state index in [4.69, 9.17) is 11.6 Å². The van der Waals surface area contributed by atoms with Gasteiger partial charge in [-0.05, 0) is 65.6 Å². The molecule has 0 heterocycles. The Balaban J connectivity index is 1.60. The SMILES string of the molecule is CCCCc1ccc(-c2ccc(CCc3ccc(Cl)cc3)cc2)cc1. The van der Waals surface area contributed by atoms with Crippen LogP contribution in [0.25, 0.3) is 11.1 Å². The summed E-state index contributed by atoms with van der Waals surface area (Å²) in [6.07, 6.45) is 5.79. The van der Waals surface area contributed by atoms with Gasteiger partial charge in [-0.25, -0.2) is 0 Å². The molecule has 0 saturated heterocycles. The number of benzene rings is 3. The maximum atomic E-state index is 5.94. The lowest BCUT2D eigenvalue weighted by Crippen LogP contribution is -1.91. The van der Waals surface area contributed by atoms with Crippen LogP contribution in [-0.2, 0) is 19.3 Å². The standard InChI is InChI=1S/C24H25Cl/c1-2-3-4-19-7-13-22(14-8-19)23-15-9-20(10-16-23)5-6-21-11-17-24(25)18-12-21/h7-18H,2-6H2,1H3. The summed E-state index contributed by atoms with van der Waals surface area (Å²) in [6.45, 7) is 2.24. The first kappa shape index (κ1) is 17.8. The first-order valence-electron chi connectivity index (χ1n) is 9.17. The maximum absolute atomic E-state index is 5.94. The van der Waals surface area contributed by atoms with Crippen LogP contribution in [-0.4, -0.2) is 0 Å². The van der Waals surface area contributed by atoms with Crippen molar-refractivity contribution in [3.8, 4) is 11.1 Å². The fourth-order valence-electron chi connectivity index (χ4n) is 3.05. The normalized spacial score (nSPS) is 10.8. The van der Waals surface area contributed by atoms with Crippen molar-refractivity contribution in [3.63, 3.8) is 0 Å². The van der Waals surface area contributed by atoms with Gasteiger partial charge in [-0.3, -0.25) is 0 Å². The van der Waals surface area contributed by atoms with Crippen LogP contribution < -0.4 is 0 Å².